The number of hydrogen-bond acceptors (Lipinski definition) is 2. The van der Waals surface area contributed by atoms with E-state index in [4.69, 9.17) is 4.99 Å². The monoisotopic (exact) mass is 323 g/mol. The Morgan fingerprint density at radius 2 is 1.70 bits per heavy atom. The number of nitrogens with zero attached hydrogens (tertiary/aromatic N) is 2. The van der Waals surface area contributed by atoms with Crippen molar-refractivity contribution in [2.24, 2.45) is 4.99 Å². The van der Waals surface area contributed by atoms with Crippen molar-refractivity contribution < 1.29 is 9.59 Å². The molecule has 1 N–H and O–H groups in total. The number of likely N-dealkylation sites (N-methyl/N-ethyl adjacent to an activating group) is 1. The number of aliphatic hydroxyl groups is 1. The van der Waals surface area contributed by atoms with Gasteiger partial charge in [0.15, 0.2) is 5.84 Å². The molecule has 1 heterocycles. The molecule has 0 amide bonds. The van der Waals surface area contributed by atoms with Crippen LogP contribution in [0.25, 0.3) is 0 Å². The van der Waals surface area contributed by atoms with Crippen LogP contribution in [0, 0.1) is 0 Å². The summed E-state index contributed by atoms with van der Waals surface area (Å²) in [6.07, 6.45) is 17.8. The fraction of sp³-hybridized carbons (Fsp3) is 0.850. The van der Waals surface area contributed by atoms with Gasteiger partial charge in [0, 0.05) is 6.42 Å². The van der Waals surface area contributed by atoms with E-state index in [1.54, 1.807) is 0 Å². The molecule has 0 spiro atoms. The fourth-order valence-electron chi connectivity index (χ4n) is 3.56. The normalized spacial score (nSPS) is 21.3. The van der Waals surface area contributed by atoms with Gasteiger partial charge >= 0.3 is 0 Å². The molecule has 3 nitrogen and oxygen atoms in total. The van der Waals surface area contributed by atoms with Gasteiger partial charge in [-0.3, -0.25) is 4.48 Å². The Morgan fingerprint density at radius 1 is 1.00 bits per heavy atom. The van der Waals surface area contributed by atoms with Gasteiger partial charge < -0.3 is 5.11 Å². The Kier molecular flexibility index (Phi) is 11.3. The summed E-state index contributed by atoms with van der Waals surface area (Å²) in [5, 5.41) is 9.32. The number of aliphatic imine (C=N–C) groups is 1. The minimum atomic E-state index is 0.265. The van der Waals surface area contributed by atoms with Crippen LogP contribution >= 0.6 is 0 Å². The molecule has 134 valence electrons. The summed E-state index contributed by atoms with van der Waals surface area (Å²) in [6.45, 7) is 8.65. The van der Waals surface area contributed by atoms with Gasteiger partial charge in [-0.1, -0.05) is 57.6 Å². The first-order valence-corrected chi connectivity index (χ1v) is 9.95. The lowest BCUT2D eigenvalue weighted by atomic mass is 10.1. The third-order valence-electron chi connectivity index (χ3n) is 5.18. The van der Waals surface area contributed by atoms with Crippen molar-refractivity contribution in [2.75, 3.05) is 32.8 Å². The molecule has 0 saturated heterocycles. The maximum absolute atomic E-state index is 9.32. The summed E-state index contributed by atoms with van der Waals surface area (Å²) in [5.41, 5.74) is 0. The average molecular weight is 324 g/mol. The third kappa shape index (κ3) is 7.63. The van der Waals surface area contributed by atoms with E-state index in [1.807, 2.05) is 0 Å². The van der Waals surface area contributed by atoms with Crippen molar-refractivity contribution >= 4 is 5.84 Å². The zero-order chi connectivity index (χ0) is 16.8. The third-order valence-corrected chi connectivity index (χ3v) is 5.18. The number of allylic oxidation sites excluding steroid dienone is 2. The molecule has 0 saturated carbocycles. The van der Waals surface area contributed by atoms with E-state index in [9.17, 15) is 5.11 Å². The van der Waals surface area contributed by atoms with Crippen LogP contribution in [-0.2, 0) is 0 Å². The molecule has 1 rings (SSSR count). The van der Waals surface area contributed by atoms with Gasteiger partial charge in [-0.15, -0.1) is 0 Å². The average Bonchev–Trinajstić information content (AvgIpc) is 2.96. The maximum Gasteiger partial charge on any atom is 0.198 e. The van der Waals surface area contributed by atoms with E-state index in [-0.39, 0.29) is 6.61 Å². The van der Waals surface area contributed by atoms with Gasteiger partial charge in [0.2, 0.25) is 0 Å². The largest absolute Gasteiger partial charge is 0.390 e. The van der Waals surface area contributed by atoms with Gasteiger partial charge in [0.25, 0.3) is 0 Å². The highest BCUT2D eigenvalue weighted by molar-refractivity contribution is 5.77. The van der Waals surface area contributed by atoms with Gasteiger partial charge in [0.05, 0.1) is 19.7 Å². The molecule has 0 aromatic rings. The highest BCUT2D eigenvalue weighted by atomic mass is 16.3. The molecule has 0 aromatic heterocycles. The number of aliphatic hydroxyl groups excluding tert-OH is 1. The van der Waals surface area contributed by atoms with E-state index in [0.29, 0.717) is 0 Å². The molecular formula is C20H39N2O+. The van der Waals surface area contributed by atoms with Gasteiger partial charge in [-0.25, -0.2) is 4.99 Å². The van der Waals surface area contributed by atoms with E-state index in [0.717, 1.165) is 43.5 Å². The van der Waals surface area contributed by atoms with Crippen molar-refractivity contribution in [3.63, 3.8) is 0 Å². The van der Waals surface area contributed by atoms with E-state index >= 15 is 0 Å². The van der Waals surface area contributed by atoms with Crippen LogP contribution in [0.15, 0.2) is 17.1 Å². The number of unbranched alkanes of at least 4 members (excludes halogenated alkanes) is 7. The van der Waals surface area contributed by atoms with Crippen molar-refractivity contribution in [1.82, 2.24) is 0 Å². The highest BCUT2D eigenvalue weighted by Gasteiger charge is 2.35. The standard InChI is InChI=1S/C20H39N2O/c1-3-5-6-7-8-9-10-11-12-13-14-15-20-21-16-17-22(20,4-2)18-19-23/h12-13,23H,3-11,14-19H2,1-2H3/q+1/b13-12+. The quantitative estimate of drug-likeness (QED) is 0.280. The van der Waals surface area contributed by atoms with E-state index in [1.165, 1.54) is 57.2 Å². The van der Waals surface area contributed by atoms with Crippen LogP contribution in [0.2, 0.25) is 0 Å². The first-order chi connectivity index (χ1) is 11.3. The topological polar surface area (TPSA) is 32.6 Å². The second kappa shape index (κ2) is 12.7. The summed E-state index contributed by atoms with van der Waals surface area (Å²) in [4.78, 5) is 4.71. The zero-order valence-corrected chi connectivity index (χ0v) is 15.6. The molecular weight excluding hydrogens is 284 g/mol. The summed E-state index contributed by atoms with van der Waals surface area (Å²) in [6, 6.07) is 0. The second-order valence-electron chi connectivity index (χ2n) is 6.85. The number of amidine groups is 1. The molecule has 0 aromatic carbocycles. The second-order valence-corrected chi connectivity index (χ2v) is 6.85. The van der Waals surface area contributed by atoms with Crippen molar-refractivity contribution in [1.29, 1.82) is 0 Å². The predicted molar refractivity (Wildman–Crippen MR) is 101 cm³/mol. The van der Waals surface area contributed by atoms with Gasteiger partial charge in [0.1, 0.15) is 13.1 Å². The molecule has 1 aliphatic heterocycles. The molecule has 23 heavy (non-hydrogen) atoms. The molecule has 0 bridgehead atoms. The Labute approximate surface area is 144 Å². The Hall–Kier alpha value is -0.670. The fourth-order valence-corrected chi connectivity index (χ4v) is 3.56. The van der Waals surface area contributed by atoms with Gasteiger partial charge in [-0.05, 0) is 26.2 Å². The molecule has 1 unspecified atom stereocenters. The zero-order valence-electron chi connectivity index (χ0n) is 15.6. The Balaban J connectivity index is 2.09. The number of quaternary nitrogens is 1. The summed E-state index contributed by atoms with van der Waals surface area (Å²) < 4.78 is 0.919. The van der Waals surface area contributed by atoms with Gasteiger partial charge in [-0.2, -0.15) is 0 Å². The smallest absolute Gasteiger partial charge is 0.198 e. The molecule has 1 atom stereocenters. The summed E-state index contributed by atoms with van der Waals surface area (Å²) in [7, 11) is 0. The number of rotatable bonds is 14. The summed E-state index contributed by atoms with van der Waals surface area (Å²) in [5.74, 6) is 1.31. The lowest BCUT2D eigenvalue weighted by Crippen LogP contribution is -2.52. The van der Waals surface area contributed by atoms with Crippen LogP contribution in [0.1, 0.15) is 78.1 Å². The Bertz CT molecular complexity index is 352. The van der Waals surface area contributed by atoms with Crippen LogP contribution in [-0.4, -0.2) is 48.2 Å². The van der Waals surface area contributed by atoms with Crippen molar-refractivity contribution in [2.45, 2.75) is 78.1 Å². The number of hydrogen-bond donors (Lipinski definition) is 1. The first-order valence-electron chi connectivity index (χ1n) is 9.95. The highest BCUT2D eigenvalue weighted by Crippen LogP contribution is 2.18. The van der Waals surface area contributed by atoms with E-state index in [2.05, 4.69) is 26.0 Å². The minimum absolute atomic E-state index is 0.265. The lowest BCUT2D eigenvalue weighted by molar-refractivity contribution is -0.835. The van der Waals surface area contributed by atoms with Crippen molar-refractivity contribution in [3.05, 3.63) is 12.2 Å². The van der Waals surface area contributed by atoms with Crippen LogP contribution < -0.4 is 0 Å². The molecule has 1 aliphatic rings. The maximum atomic E-state index is 9.32. The SMILES string of the molecule is CCCCCCCCC/C=C/CCC1=NCC[N+]1(CC)CCO. The summed E-state index contributed by atoms with van der Waals surface area (Å²) >= 11 is 0. The lowest BCUT2D eigenvalue weighted by Gasteiger charge is -2.32. The molecule has 3 heteroatoms. The van der Waals surface area contributed by atoms with Crippen LogP contribution in [0.3, 0.4) is 0 Å². The Morgan fingerprint density at radius 3 is 2.39 bits per heavy atom. The minimum Gasteiger partial charge on any atom is -0.390 e. The van der Waals surface area contributed by atoms with Crippen LogP contribution in [0.5, 0.6) is 0 Å². The van der Waals surface area contributed by atoms with Crippen LogP contribution in [0.4, 0.5) is 0 Å². The molecule has 0 fully saturated rings. The van der Waals surface area contributed by atoms with Crippen molar-refractivity contribution in [3.8, 4) is 0 Å². The molecule has 0 radical (unpaired) electrons. The van der Waals surface area contributed by atoms with E-state index < -0.39 is 0 Å². The predicted octanol–water partition coefficient (Wildman–Crippen LogP) is 4.70. The first kappa shape index (κ1) is 20.4. The molecule has 0 aliphatic carbocycles.